The quantitative estimate of drug-likeness (QED) is 0.796. The molecule has 19 heavy (non-hydrogen) atoms. The first-order valence-electron chi connectivity index (χ1n) is 6.29. The molecule has 0 saturated carbocycles. The van der Waals surface area contributed by atoms with Crippen molar-refractivity contribution in [1.82, 2.24) is 0 Å². The van der Waals surface area contributed by atoms with E-state index in [2.05, 4.69) is 23.5 Å². The van der Waals surface area contributed by atoms with Crippen molar-refractivity contribution in [2.75, 3.05) is 5.32 Å². The fourth-order valence-electron chi connectivity index (χ4n) is 2.18. The van der Waals surface area contributed by atoms with Gasteiger partial charge in [-0.25, -0.2) is 0 Å². The minimum Gasteiger partial charge on any atom is -0.348 e. The first-order valence-corrected chi connectivity index (χ1v) is 6.70. The van der Waals surface area contributed by atoms with Gasteiger partial charge in [0.05, 0.1) is 11.8 Å². The Labute approximate surface area is 118 Å². The molecule has 1 heterocycles. The number of fused-ring (bicyclic) bond motifs is 1. The second kappa shape index (κ2) is 4.94. The molecule has 2 nitrogen and oxygen atoms in total. The third-order valence-electron chi connectivity index (χ3n) is 3.19. The third-order valence-corrected chi connectivity index (χ3v) is 3.63. The monoisotopic (exact) mass is 266 g/mol. The highest BCUT2D eigenvalue weighted by Crippen LogP contribution is 2.24. The Kier molecular flexibility index (Phi) is 3.13. The zero-order valence-corrected chi connectivity index (χ0v) is 11.4. The van der Waals surface area contributed by atoms with Gasteiger partial charge in [-0.3, -0.25) is 4.99 Å². The van der Waals surface area contributed by atoms with E-state index in [4.69, 9.17) is 17.2 Å². The Morgan fingerprint density at radius 1 is 1.00 bits per heavy atom. The van der Waals surface area contributed by atoms with Crippen molar-refractivity contribution in [1.29, 1.82) is 0 Å². The van der Waals surface area contributed by atoms with E-state index in [1.54, 1.807) is 0 Å². The van der Waals surface area contributed by atoms with E-state index >= 15 is 0 Å². The number of hydrogen-bond donors (Lipinski definition) is 1. The summed E-state index contributed by atoms with van der Waals surface area (Å²) >= 11 is 5.38. The minimum absolute atomic E-state index is 0.0161. The van der Waals surface area contributed by atoms with Crippen LogP contribution in [-0.2, 0) is 0 Å². The number of hydrogen-bond acceptors (Lipinski definition) is 2. The summed E-state index contributed by atoms with van der Waals surface area (Å²) in [5, 5.41) is 3.29. The Morgan fingerprint density at radius 2 is 1.68 bits per heavy atom. The second-order valence-electron chi connectivity index (χ2n) is 4.55. The van der Waals surface area contributed by atoms with E-state index in [-0.39, 0.29) is 6.04 Å². The fourth-order valence-corrected chi connectivity index (χ4v) is 2.35. The zero-order chi connectivity index (χ0) is 13.2. The lowest BCUT2D eigenvalue weighted by molar-refractivity contribution is 0.991. The maximum Gasteiger partial charge on any atom is 0.104 e. The van der Waals surface area contributed by atoms with Gasteiger partial charge < -0.3 is 5.32 Å². The van der Waals surface area contributed by atoms with Crippen molar-refractivity contribution in [2.24, 2.45) is 4.99 Å². The molecular formula is C16H14N2S. The molecule has 0 aliphatic carbocycles. The summed E-state index contributed by atoms with van der Waals surface area (Å²) in [6, 6.07) is 18.4. The average molecular weight is 266 g/mol. The van der Waals surface area contributed by atoms with E-state index < -0.39 is 0 Å². The summed E-state index contributed by atoms with van der Waals surface area (Å²) in [5.74, 6) is 0. The third kappa shape index (κ3) is 2.29. The van der Waals surface area contributed by atoms with Gasteiger partial charge in [-0.1, -0.05) is 60.7 Å². The highest BCUT2D eigenvalue weighted by Gasteiger charge is 2.19. The van der Waals surface area contributed by atoms with Crippen LogP contribution in [0.2, 0.25) is 0 Å². The van der Waals surface area contributed by atoms with Crippen LogP contribution in [0.3, 0.4) is 0 Å². The molecule has 1 aliphatic rings. The molecule has 3 heteroatoms. The number of benzodiazepines with no additional fused rings is 1. The predicted molar refractivity (Wildman–Crippen MR) is 84.2 cm³/mol. The molecule has 2 aromatic carbocycles. The molecular weight excluding hydrogens is 252 g/mol. The van der Waals surface area contributed by atoms with Gasteiger partial charge in [-0.15, -0.1) is 0 Å². The van der Waals surface area contributed by atoms with Crippen molar-refractivity contribution in [2.45, 2.75) is 13.0 Å². The molecule has 0 saturated heterocycles. The first-order chi connectivity index (χ1) is 9.25. The van der Waals surface area contributed by atoms with Gasteiger partial charge in [0.1, 0.15) is 4.99 Å². The predicted octanol–water partition coefficient (Wildman–Crippen LogP) is 3.67. The summed E-state index contributed by atoms with van der Waals surface area (Å²) in [4.78, 5) is 5.54. The zero-order valence-electron chi connectivity index (χ0n) is 10.6. The number of benzene rings is 2. The Balaban J connectivity index is 2.21. The number of rotatable bonds is 1. The first kappa shape index (κ1) is 12.1. The highest BCUT2D eigenvalue weighted by atomic mass is 32.1. The molecule has 0 aromatic heterocycles. The molecule has 1 atom stereocenters. The Morgan fingerprint density at radius 3 is 2.47 bits per heavy atom. The van der Waals surface area contributed by atoms with Crippen LogP contribution in [-0.4, -0.2) is 16.7 Å². The number of anilines is 1. The molecule has 94 valence electrons. The maximum absolute atomic E-state index is 5.38. The molecule has 3 rings (SSSR count). The number of para-hydroxylation sites is 1. The van der Waals surface area contributed by atoms with Crippen molar-refractivity contribution >= 4 is 28.6 Å². The second-order valence-corrected chi connectivity index (χ2v) is 4.99. The van der Waals surface area contributed by atoms with Gasteiger partial charge in [-0.2, -0.15) is 0 Å². The van der Waals surface area contributed by atoms with Crippen LogP contribution in [0.15, 0.2) is 59.6 Å². The van der Waals surface area contributed by atoms with Crippen LogP contribution in [0.5, 0.6) is 0 Å². The molecule has 0 fully saturated rings. The van der Waals surface area contributed by atoms with Crippen LogP contribution in [0, 0.1) is 0 Å². The molecule has 1 aliphatic heterocycles. The molecule has 2 aromatic rings. The van der Waals surface area contributed by atoms with Crippen LogP contribution in [0.1, 0.15) is 18.1 Å². The van der Waals surface area contributed by atoms with Gasteiger partial charge in [-0.05, 0) is 13.0 Å². The lowest BCUT2D eigenvalue weighted by Gasteiger charge is -2.09. The molecule has 1 unspecified atom stereocenters. The van der Waals surface area contributed by atoms with Crippen molar-refractivity contribution in [3.8, 4) is 0 Å². The van der Waals surface area contributed by atoms with Gasteiger partial charge in [0.2, 0.25) is 0 Å². The average Bonchev–Trinajstić information content (AvgIpc) is 2.58. The van der Waals surface area contributed by atoms with Gasteiger partial charge in [0, 0.05) is 16.8 Å². The number of nitrogens with one attached hydrogen (secondary N) is 1. The van der Waals surface area contributed by atoms with Crippen LogP contribution in [0.4, 0.5) is 5.69 Å². The topological polar surface area (TPSA) is 24.4 Å². The lowest BCUT2D eigenvalue weighted by atomic mass is 10.0. The summed E-state index contributed by atoms with van der Waals surface area (Å²) in [6.07, 6.45) is 0. The summed E-state index contributed by atoms with van der Waals surface area (Å²) in [7, 11) is 0. The van der Waals surface area contributed by atoms with Crippen LogP contribution < -0.4 is 5.32 Å². The number of nitrogens with zero attached hydrogens (tertiary/aromatic N) is 1. The van der Waals surface area contributed by atoms with E-state index in [1.807, 2.05) is 43.3 Å². The van der Waals surface area contributed by atoms with E-state index in [0.29, 0.717) is 0 Å². The van der Waals surface area contributed by atoms with Crippen LogP contribution in [0.25, 0.3) is 0 Å². The molecule has 1 N–H and O–H groups in total. The summed E-state index contributed by atoms with van der Waals surface area (Å²) in [6.45, 7) is 2.02. The smallest absolute Gasteiger partial charge is 0.104 e. The molecule has 0 bridgehead atoms. The van der Waals surface area contributed by atoms with E-state index in [9.17, 15) is 0 Å². The fraction of sp³-hybridized carbons (Fsp3) is 0.125. The Hall–Kier alpha value is -2.00. The number of thiocarbonyl (C=S) groups is 1. The molecule has 0 radical (unpaired) electrons. The SMILES string of the molecule is CC1N=C(c2ccccc2)c2ccccc2NC1=S. The Bertz CT molecular complexity index is 647. The summed E-state index contributed by atoms with van der Waals surface area (Å²) in [5.41, 5.74) is 4.24. The van der Waals surface area contributed by atoms with Gasteiger partial charge in [0.15, 0.2) is 0 Å². The highest BCUT2D eigenvalue weighted by molar-refractivity contribution is 7.80. The normalized spacial score (nSPS) is 18.1. The molecule has 0 amide bonds. The lowest BCUT2D eigenvalue weighted by Crippen LogP contribution is -2.20. The van der Waals surface area contributed by atoms with Crippen LogP contribution >= 0.6 is 12.2 Å². The maximum atomic E-state index is 5.38. The van der Waals surface area contributed by atoms with E-state index in [1.165, 1.54) is 0 Å². The molecule has 0 spiro atoms. The standard InChI is InChI=1S/C16H14N2S/c1-11-16(19)18-14-10-6-5-9-13(14)15(17-11)12-7-3-2-4-8-12/h2-11H,1H3,(H,18,19). The minimum atomic E-state index is -0.0161. The van der Waals surface area contributed by atoms with Gasteiger partial charge >= 0.3 is 0 Å². The van der Waals surface area contributed by atoms with E-state index in [0.717, 1.165) is 27.5 Å². The van der Waals surface area contributed by atoms with Crippen molar-refractivity contribution in [3.63, 3.8) is 0 Å². The largest absolute Gasteiger partial charge is 0.348 e. The van der Waals surface area contributed by atoms with Gasteiger partial charge in [0.25, 0.3) is 0 Å². The van der Waals surface area contributed by atoms with Crippen molar-refractivity contribution < 1.29 is 0 Å². The summed E-state index contributed by atoms with van der Waals surface area (Å²) < 4.78 is 0. The van der Waals surface area contributed by atoms with Crippen molar-refractivity contribution in [3.05, 3.63) is 65.7 Å². The number of aliphatic imine (C=N–C) groups is 1.